The van der Waals surface area contributed by atoms with Crippen LogP contribution in [0.15, 0.2) is 47.5 Å². The van der Waals surface area contributed by atoms with Crippen molar-refractivity contribution in [3.8, 4) is 0 Å². The van der Waals surface area contributed by atoms with Crippen molar-refractivity contribution in [2.24, 2.45) is 5.10 Å². The Kier molecular flexibility index (Phi) is 4.48. The van der Waals surface area contributed by atoms with Crippen LogP contribution in [0.2, 0.25) is 0 Å². The fraction of sp³-hybridized carbons (Fsp3) is 0.263. The number of amides is 1. The lowest BCUT2D eigenvalue weighted by molar-refractivity contribution is -0.141. The van der Waals surface area contributed by atoms with Gasteiger partial charge in [-0.1, -0.05) is 0 Å². The van der Waals surface area contributed by atoms with Gasteiger partial charge in [-0.3, -0.25) is 14.8 Å². The molecule has 0 bridgehead atoms. The Balaban J connectivity index is 1.59. The third kappa shape index (κ3) is 3.41. The highest BCUT2D eigenvalue weighted by atomic mass is 19.4. The van der Waals surface area contributed by atoms with E-state index in [4.69, 9.17) is 0 Å². The molecule has 7 nitrogen and oxygen atoms in total. The molecular formula is C19H17F3N6O. The van der Waals surface area contributed by atoms with Gasteiger partial charge in [-0.15, -0.1) is 0 Å². The molecular weight excluding hydrogens is 385 g/mol. The number of allylic oxidation sites excluding steroid dienone is 3. The van der Waals surface area contributed by atoms with Crippen molar-refractivity contribution in [2.45, 2.75) is 32.5 Å². The highest BCUT2D eigenvalue weighted by Gasteiger charge is 2.33. The predicted octanol–water partition coefficient (Wildman–Crippen LogP) is 3.68. The Morgan fingerprint density at radius 1 is 1.28 bits per heavy atom. The van der Waals surface area contributed by atoms with Crippen LogP contribution in [0.4, 0.5) is 18.9 Å². The van der Waals surface area contributed by atoms with E-state index in [1.54, 1.807) is 11.6 Å². The lowest BCUT2D eigenvalue weighted by atomic mass is 10.1. The monoisotopic (exact) mass is 402 g/mol. The number of nitrogens with zero attached hydrogens (tertiary/aromatic N) is 5. The van der Waals surface area contributed by atoms with Gasteiger partial charge in [-0.2, -0.15) is 23.4 Å². The number of aromatic nitrogens is 3. The average molecular weight is 402 g/mol. The fourth-order valence-corrected chi connectivity index (χ4v) is 3.36. The van der Waals surface area contributed by atoms with Crippen molar-refractivity contribution in [3.63, 3.8) is 0 Å². The molecule has 0 fully saturated rings. The van der Waals surface area contributed by atoms with E-state index in [2.05, 4.69) is 20.5 Å². The Labute approximate surface area is 164 Å². The van der Waals surface area contributed by atoms with E-state index in [9.17, 15) is 18.0 Å². The molecule has 1 atom stereocenters. The molecule has 10 heteroatoms. The minimum atomic E-state index is -4.59. The van der Waals surface area contributed by atoms with Crippen LogP contribution in [0.1, 0.15) is 35.1 Å². The number of carbonyl (C=O) groups excluding carboxylic acids is 1. The lowest BCUT2D eigenvalue weighted by Crippen LogP contribution is -2.31. The maximum absolute atomic E-state index is 12.8. The SMILES string of the molecule is CC1=CC=C(n2ncc(C(=O)Nc3ccnc(C(F)(F)F)c3)c2C)C2CC=NN12. The van der Waals surface area contributed by atoms with Gasteiger partial charge in [0.25, 0.3) is 5.91 Å². The minimum absolute atomic E-state index is 0.00952. The van der Waals surface area contributed by atoms with Crippen molar-refractivity contribution >= 4 is 23.5 Å². The first-order chi connectivity index (χ1) is 13.8. The van der Waals surface area contributed by atoms with Crippen LogP contribution in [0.3, 0.4) is 0 Å². The first-order valence-electron chi connectivity index (χ1n) is 8.85. The van der Waals surface area contributed by atoms with Gasteiger partial charge < -0.3 is 5.32 Å². The summed E-state index contributed by atoms with van der Waals surface area (Å²) >= 11 is 0. The molecule has 1 unspecified atom stereocenters. The Bertz CT molecular complexity index is 1070. The maximum Gasteiger partial charge on any atom is 0.433 e. The van der Waals surface area contributed by atoms with Gasteiger partial charge in [-0.05, 0) is 38.1 Å². The molecule has 29 heavy (non-hydrogen) atoms. The molecule has 150 valence electrons. The smallest absolute Gasteiger partial charge is 0.322 e. The zero-order valence-corrected chi connectivity index (χ0v) is 15.6. The standard InChI is InChI=1S/C19H17F3N6O/c1-11-3-4-15(16-6-8-24-27(11)16)28-12(2)14(10-25-28)18(29)26-13-5-7-23-17(9-13)19(20,21)22/h3-5,7-10,16H,6H2,1-2H3,(H,23,26,29). The van der Waals surface area contributed by atoms with Gasteiger partial charge in [0.1, 0.15) is 5.69 Å². The molecule has 0 saturated carbocycles. The van der Waals surface area contributed by atoms with E-state index in [-0.39, 0.29) is 17.3 Å². The molecule has 0 aliphatic carbocycles. The average Bonchev–Trinajstić information content (AvgIpc) is 3.30. The van der Waals surface area contributed by atoms with Crippen LogP contribution in [-0.2, 0) is 6.18 Å². The Morgan fingerprint density at radius 3 is 2.83 bits per heavy atom. The summed E-state index contributed by atoms with van der Waals surface area (Å²) in [6, 6.07) is 2.09. The topological polar surface area (TPSA) is 75.4 Å². The first kappa shape index (κ1) is 18.9. The van der Waals surface area contributed by atoms with Crippen LogP contribution in [0.5, 0.6) is 0 Å². The molecule has 0 aromatic carbocycles. The summed E-state index contributed by atoms with van der Waals surface area (Å²) in [7, 11) is 0. The zero-order valence-electron chi connectivity index (χ0n) is 15.6. The number of alkyl halides is 3. The molecule has 1 N–H and O–H groups in total. The van der Waals surface area contributed by atoms with Crippen molar-refractivity contribution in [3.05, 3.63) is 59.3 Å². The number of halogens is 3. The fourth-order valence-electron chi connectivity index (χ4n) is 3.36. The second kappa shape index (κ2) is 6.87. The van der Waals surface area contributed by atoms with E-state index >= 15 is 0 Å². The van der Waals surface area contributed by atoms with Gasteiger partial charge in [-0.25, -0.2) is 4.68 Å². The number of hydrogen-bond donors (Lipinski definition) is 1. The maximum atomic E-state index is 12.8. The van der Waals surface area contributed by atoms with Crippen molar-refractivity contribution in [1.82, 2.24) is 19.8 Å². The number of anilines is 1. The molecule has 1 amide bonds. The summed E-state index contributed by atoms with van der Waals surface area (Å²) in [5.74, 6) is -0.546. The number of rotatable bonds is 3. The van der Waals surface area contributed by atoms with Crippen LogP contribution in [0, 0.1) is 6.92 Å². The molecule has 0 radical (unpaired) electrons. The van der Waals surface area contributed by atoms with Gasteiger partial charge in [0, 0.05) is 30.2 Å². The summed E-state index contributed by atoms with van der Waals surface area (Å²) < 4.78 is 40.1. The third-order valence-corrected chi connectivity index (χ3v) is 4.84. The predicted molar refractivity (Wildman–Crippen MR) is 101 cm³/mol. The summed E-state index contributed by atoms with van der Waals surface area (Å²) in [6.45, 7) is 3.70. The lowest BCUT2D eigenvalue weighted by Gasteiger charge is -2.29. The second-order valence-electron chi connectivity index (χ2n) is 6.73. The van der Waals surface area contributed by atoms with Crippen LogP contribution in [-0.4, -0.2) is 37.9 Å². The second-order valence-corrected chi connectivity index (χ2v) is 6.73. The number of hydrazone groups is 1. The third-order valence-electron chi connectivity index (χ3n) is 4.84. The van der Waals surface area contributed by atoms with Crippen LogP contribution in [0.25, 0.3) is 5.70 Å². The number of carbonyl (C=O) groups is 1. The van der Waals surface area contributed by atoms with E-state index in [1.807, 2.05) is 30.3 Å². The highest BCUT2D eigenvalue weighted by molar-refractivity contribution is 6.05. The quantitative estimate of drug-likeness (QED) is 0.850. The molecule has 0 saturated heterocycles. The first-order valence-corrected chi connectivity index (χ1v) is 8.85. The summed E-state index contributed by atoms with van der Waals surface area (Å²) in [4.78, 5) is 15.9. The van der Waals surface area contributed by atoms with Gasteiger partial charge in [0.2, 0.25) is 0 Å². The van der Waals surface area contributed by atoms with Crippen LogP contribution < -0.4 is 5.32 Å². The van der Waals surface area contributed by atoms with Crippen molar-refractivity contribution in [2.75, 3.05) is 5.32 Å². The number of pyridine rings is 1. The normalized spacial score (nSPS) is 18.4. The Hall–Kier alpha value is -3.43. The number of hydrogen-bond acceptors (Lipinski definition) is 5. The van der Waals surface area contributed by atoms with E-state index in [1.165, 1.54) is 12.3 Å². The zero-order chi connectivity index (χ0) is 20.8. The van der Waals surface area contributed by atoms with Gasteiger partial charge in [0.05, 0.1) is 29.2 Å². The largest absolute Gasteiger partial charge is 0.433 e. The summed E-state index contributed by atoms with van der Waals surface area (Å²) in [5.41, 5.74) is 1.67. The van der Waals surface area contributed by atoms with Crippen molar-refractivity contribution < 1.29 is 18.0 Å². The molecule has 2 aliphatic heterocycles. The molecule has 4 rings (SSSR count). The minimum Gasteiger partial charge on any atom is -0.322 e. The highest BCUT2D eigenvalue weighted by Crippen LogP contribution is 2.32. The summed E-state index contributed by atoms with van der Waals surface area (Å²) in [6.07, 6.45) is 4.23. The number of nitrogens with one attached hydrogen (secondary N) is 1. The van der Waals surface area contributed by atoms with Gasteiger partial charge >= 0.3 is 6.18 Å². The molecule has 2 aromatic rings. The van der Waals surface area contributed by atoms with Crippen LogP contribution >= 0.6 is 0 Å². The number of fused-ring (bicyclic) bond motifs is 1. The molecule has 2 aromatic heterocycles. The summed E-state index contributed by atoms with van der Waals surface area (Å²) in [5, 5.41) is 13.1. The van der Waals surface area contributed by atoms with Gasteiger partial charge in [0.15, 0.2) is 0 Å². The van der Waals surface area contributed by atoms with E-state index in [0.29, 0.717) is 5.69 Å². The van der Waals surface area contributed by atoms with Crippen molar-refractivity contribution in [1.29, 1.82) is 0 Å². The molecule has 0 spiro atoms. The van der Waals surface area contributed by atoms with E-state index < -0.39 is 17.8 Å². The van der Waals surface area contributed by atoms with E-state index in [0.717, 1.165) is 30.1 Å². The Morgan fingerprint density at radius 2 is 2.07 bits per heavy atom. The molecule has 2 aliphatic rings. The molecule has 4 heterocycles.